The fourth-order valence-corrected chi connectivity index (χ4v) is 10.8. The first-order valence-electron chi connectivity index (χ1n) is 18.8. The van der Waals surface area contributed by atoms with E-state index in [1.54, 1.807) is 0 Å². The third kappa shape index (κ3) is 10.6. The predicted octanol–water partition coefficient (Wildman–Crippen LogP) is -4.97. The van der Waals surface area contributed by atoms with Crippen molar-refractivity contribution in [3.63, 3.8) is 0 Å². The molecule has 0 saturated carbocycles. The molecule has 1 radical (unpaired) electrons. The normalized spacial score (nSPS) is 12.4. The number of anilines is 2. The number of rotatable bonds is 6. The Hall–Kier alpha value is -3.76. The molecule has 5 N–H and O–H groups in total. The molecular weight excluding hydrogens is 1120 g/mol. The minimum Gasteiger partial charge on any atom is -0.744 e. The summed E-state index contributed by atoms with van der Waals surface area (Å²) in [6.45, 7) is 1.27. The van der Waals surface area contributed by atoms with E-state index in [4.69, 9.17) is 5.73 Å². The first-order valence-corrected chi connectivity index (χ1v) is 26.0. The zero-order valence-corrected chi connectivity index (χ0v) is 47.9. The van der Waals surface area contributed by atoms with Gasteiger partial charge in [0.2, 0.25) is 0 Å². The van der Waals surface area contributed by atoms with Gasteiger partial charge in [0.25, 0.3) is 10.0 Å². The summed E-state index contributed by atoms with van der Waals surface area (Å²) in [4.78, 5) is 33.7. The number of sulfonamides is 1. The number of aromatic nitrogens is 8. The molecule has 24 nitrogen and oxygen atoms in total. The summed E-state index contributed by atoms with van der Waals surface area (Å²) in [5.41, 5.74) is 5.09. The molecule has 5 aromatic carbocycles. The Morgan fingerprint density at radius 1 is 0.542 bits per heavy atom. The van der Waals surface area contributed by atoms with Crippen LogP contribution in [-0.4, -0.2) is 86.3 Å². The van der Waals surface area contributed by atoms with E-state index in [1.807, 2.05) is 0 Å². The molecular formula is C39H22CuN11Na3O13S5. The molecule has 3 aliphatic rings. The molecule has 0 fully saturated rings. The Bertz CT molecular complexity index is 4320. The van der Waals surface area contributed by atoms with Crippen molar-refractivity contribution in [3.8, 4) is 68.3 Å². The SMILES string of the molecule is Cc1c(N)cc(NS(=O)(=O)c2ccc3c(c2)-c2nc-3nc3nc(nc4nc([n-]c5[n-]c(n2)c2ccc(S(#N)(O)O)cc52)-c2ccc(S(=O)(=O)[O-])cc2-4)-c2ccc(S(=O)(=O)[O-])cc2-3)cc1S(=O)(=O)[O-].[Cu+2].[Na+].[Na+].[Na+]. The number of fused-ring (bicyclic) bond motifs is 20. The van der Waals surface area contributed by atoms with E-state index >= 15 is 0 Å². The van der Waals surface area contributed by atoms with Crippen molar-refractivity contribution in [1.82, 2.24) is 39.9 Å². The topological polar surface area (TPSA) is 414 Å². The number of nitrogens with two attached hydrogens (primary N) is 1. The van der Waals surface area contributed by atoms with Crippen molar-refractivity contribution in [2.24, 2.45) is 0 Å². The molecule has 0 amide bonds. The average molecular weight is 1150 g/mol. The van der Waals surface area contributed by atoms with Gasteiger partial charge in [-0.3, -0.25) is 13.8 Å². The number of nitrogens with one attached hydrogen (secondary N) is 1. The molecule has 5 heterocycles. The van der Waals surface area contributed by atoms with Crippen LogP contribution in [0.3, 0.4) is 0 Å². The fraction of sp³-hybridized carbons (Fsp3) is 0.0256. The van der Waals surface area contributed by atoms with Crippen molar-refractivity contribution < 1.29 is 162 Å². The van der Waals surface area contributed by atoms with Crippen LogP contribution in [-0.2, 0) is 57.4 Å². The van der Waals surface area contributed by atoms with Crippen molar-refractivity contribution >= 4 is 84.0 Å². The standard InChI is InChI=1S/C39H25N11O13S5.Cu.3Na/c1-16-30(40)10-17(11-31(16)68(61,62)63)50-65(53,54)19-3-7-23-27(13-19)37-44-32-22-6-2-18(64(41,51)52)12-26(22)36(42-32)43-34-24-8-4-20(66(55,56)57)14-28(24)39(47-34)49-35-25-9-5-21(67(58,59)60)15-29(25)38(48-35)46-33(23)45-37;;;;/h2-15,50H,40H2,1H3,(H5-2,42,43,44,45,46,47,48,49,51,52,55,56,57,58,59,60,61,62,63);;;;/q-2;+2;3*+1/p-3. The summed E-state index contributed by atoms with van der Waals surface area (Å²) in [6, 6.07) is 15.5. The fourth-order valence-electron chi connectivity index (χ4n) is 7.47. The smallest absolute Gasteiger partial charge is 0.744 e. The van der Waals surface area contributed by atoms with Crippen molar-refractivity contribution in [3.05, 3.63) is 90.5 Å². The van der Waals surface area contributed by atoms with E-state index in [0.29, 0.717) is 0 Å². The Kier molecular flexibility index (Phi) is 16.0. The van der Waals surface area contributed by atoms with E-state index in [2.05, 4.69) is 44.6 Å². The van der Waals surface area contributed by atoms with Gasteiger partial charge >= 0.3 is 106 Å². The quantitative estimate of drug-likeness (QED) is 0.0688. The monoisotopic (exact) mass is 1140 g/mol. The molecule has 355 valence electrons. The van der Waals surface area contributed by atoms with Crippen LogP contribution in [0, 0.1) is 11.5 Å². The van der Waals surface area contributed by atoms with Gasteiger partial charge in [0, 0.05) is 39.4 Å². The van der Waals surface area contributed by atoms with E-state index in [-0.39, 0.29) is 218 Å². The molecule has 33 heteroatoms. The number of hydrogen-bond acceptors (Lipinski definition) is 21. The zero-order chi connectivity index (χ0) is 48.6. The average Bonchev–Trinajstić information content (AvgIpc) is 3.98. The van der Waals surface area contributed by atoms with Gasteiger partial charge in [0.05, 0.1) is 30.2 Å². The second kappa shape index (κ2) is 20.1. The number of nitrogens with zero attached hydrogens (tertiary/aromatic N) is 9. The van der Waals surface area contributed by atoms with Crippen LogP contribution < -0.4 is 109 Å². The van der Waals surface area contributed by atoms with Crippen molar-refractivity contribution in [2.45, 2.75) is 31.4 Å². The number of nitrogen functional groups attached to an aromatic ring is 1. The molecule has 3 aliphatic heterocycles. The summed E-state index contributed by atoms with van der Waals surface area (Å²) in [6.07, 6.45) is 0. The van der Waals surface area contributed by atoms with Crippen molar-refractivity contribution in [2.75, 3.05) is 10.5 Å². The molecule has 0 unspecified atom stereocenters. The summed E-state index contributed by atoms with van der Waals surface area (Å²) in [5.74, 6) is -1.37. The van der Waals surface area contributed by atoms with Gasteiger partial charge in [-0.2, -0.15) is 4.61 Å². The molecule has 0 saturated heterocycles. The van der Waals surface area contributed by atoms with Gasteiger partial charge in [-0.05, 0) is 107 Å². The van der Waals surface area contributed by atoms with Crippen LogP contribution in [0.1, 0.15) is 5.56 Å². The molecule has 0 spiro atoms. The summed E-state index contributed by atoms with van der Waals surface area (Å²) in [7, 11) is -24.2. The first-order chi connectivity index (χ1) is 31.7. The van der Waals surface area contributed by atoms with Gasteiger partial charge in [-0.15, -0.1) is 11.5 Å². The molecule has 2 aromatic heterocycles. The molecule has 7 aromatic rings. The van der Waals surface area contributed by atoms with Gasteiger partial charge in [-0.1, -0.05) is 12.1 Å². The molecule has 0 atom stereocenters. The van der Waals surface area contributed by atoms with E-state index in [9.17, 15) is 61.0 Å². The Morgan fingerprint density at radius 3 is 1.53 bits per heavy atom. The second-order valence-electron chi connectivity index (χ2n) is 15.0. The number of hydrogen-bond donors (Lipinski definition) is 4. The van der Waals surface area contributed by atoms with Crippen LogP contribution in [0.15, 0.2) is 109 Å². The number of benzene rings is 5. The minimum atomic E-state index is -5.10. The van der Waals surface area contributed by atoms with Gasteiger partial charge in [0.1, 0.15) is 30.4 Å². The maximum atomic E-state index is 14.0. The largest absolute Gasteiger partial charge is 2.00 e. The van der Waals surface area contributed by atoms with Crippen LogP contribution in [0.5, 0.6) is 0 Å². The van der Waals surface area contributed by atoms with E-state index < -0.39 is 70.2 Å². The molecule has 10 rings (SSSR count). The van der Waals surface area contributed by atoms with Crippen LogP contribution in [0.25, 0.3) is 90.4 Å². The maximum Gasteiger partial charge on any atom is 2.00 e. The van der Waals surface area contributed by atoms with E-state index in [1.165, 1.54) is 31.2 Å². The maximum absolute atomic E-state index is 14.0. The second-order valence-corrected chi connectivity index (χ2v) is 22.3. The van der Waals surface area contributed by atoms with Crippen molar-refractivity contribution in [1.29, 1.82) is 4.61 Å². The Balaban J connectivity index is 0.00000212. The third-order valence-electron chi connectivity index (χ3n) is 10.7. The van der Waals surface area contributed by atoms with Crippen LogP contribution >= 0.6 is 10.2 Å². The van der Waals surface area contributed by atoms with E-state index in [0.717, 1.165) is 60.7 Å². The van der Waals surface area contributed by atoms with Gasteiger partial charge < -0.3 is 34.3 Å². The van der Waals surface area contributed by atoms with Gasteiger partial charge in [0.15, 0.2) is 33.5 Å². The first kappa shape index (κ1) is 57.5. The predicted molar refractivity (Wildman–Crippen MR) is 235 cm³/mol. The van der Waals surface area contributed by atoms with Gasteiger partial charge in [-0.25, -0.2) is 58.6 Å². The molecule has 72 heavy (non-hydrogen) atoms. The zero-order valence-electron chi connectivity index (χ0n) is 36.9. The van der Waals surface area contributed by atoms with Crippen LogP contribution in [0.4, 0.5) is 11.4 Å². The minimum absolute atomic E-state index is 0. The summed E-state index contributed by atoms with van der Waals surface area (Å²) < 4.78 is 170. The summed E-state index contributed by atoms with van der Waals surface area (Å²) >= 11 is 0. The Morgan fingerprint density at radius 2 is 1.00 bits per heavy atom. The molecule has 0 aliphatic carbocycles. The van der Waals surface area contributed by atoms with Crippen LogP contribution in [0.2, 0.25) is 0 Å². The summed E-state index contributed by atoms with van der Waals surface area (Å²) in [5, 5.41) is 0.205. The Labute approximate surface area is 485 Å². The third-order valence-corrected chi connectivity index (χ3v) is 15.6. The molecule has 8 bridgehead atoms.